The van der Waals surface area contributed by atoms with E-state index < -0.39 is 0 Å². The third kappa shape index (κ3) is 3.73. The van der Waals surface area contributed by atoms with E-state index in [1.54, 1.807) is 0 Å². The lowest BCUT2D eigenvalue weighted by atomic mass is 9.78. The van der Waals surface area contributed by atoms with Crippen LogP contribution < -0.4 is 5.73 Å². The third-order valence-electron chi connectivity index (χ3n) is 5.22. The molecule has 2 rings (SSSR count). The molecule has 4 heteroatoms. The number of rotatable bonds is 4. The Hall–Kier alpha value is -0.610. The number of piperidine rings is 1. The van der Waals surface area contributed by atoms with E-state index in [-0.39, 0.29) is 24.6 Å². The molecule has 116 valence electrons. The van der Waals surface area contributed by atoms with Gasteiger partial charge in [0.1, 0.15) is 0 Å². The van der Waals surface area contributed by atoms with Crippen LogP contribution in [-0.2, 0) is 4.79 Å². The Bertz CT molecular complexity index is 320. The van der Waals surface area contributed by atoms with Crippen molar-refractivity contribution in [1.29, 1.82) is 0 Å². The van der Waals surface area contributed by atoms with Crippen LogP contribution in [0, 0.1) is 11.8 Å². The molecule has 3 N–H and O–H groups in total. The highest BCUT2D eigenvalue weighted by Crippen LogP contribution is 2.32. The number of hydrogen-bond acceptors (Lipinski definition) is 3. The standard InChI is InChI=1S/C16H30N2O2/c1-12(13-5-4-6-14(17)11-13)16(20)18-9-3-2-7-15(18)8-10-19/h12-15,19H,2-11,17H2,1H3. The Morgan fingerprint density at radius 3 is 2.80 bits per heavy atom. The molecule has 4 atom stereocenters. The molecule has 0 radical (unpaired) electrons. The molecule has 2 aliphatic rings. The molecule has 0 bridgehead atoms. The molecule has 4 nitrogen and oxygen atoms in total. The maximum absolute atomic E-state index is 12.8. The molecule has 20 heavy (non-hydrogen) atoms. The van der Waals surface area contributed by atoms with Gasteiger partial charge in [0.25, 0.3) is 0 Å². The molecular formula is C16H30N2O2. The molecule has 0 spiro atoms. The summed E-state index contributed by atoms with van der Waals surface area (Å²) in [7, 11) is 0. The maximum Gasteiger partial charge on any atom is 0.225 e. The highest BCUT2D eigenvalue weighted by atomic mass is 16.3. The Balaban J connectivity index is 1.96. The van der Waals surface area contributed by atoms with Gasteiger partial charge in [-0.15, -0.1) is 0 Å². The number of hydrogen-bond donors (Lipinski definition) is 2. The van der Waals surface area contributed by atoms with E-state index in [0.29, 0.717) is 11.8 Å². The summed E-state index contributed by atoms with van der Waals surface area (Å²) >= 11 is 0. The fourth-order valence-electron chi connectivity index (χ4n) is 3.92. The lowest BCUT2D eigenvalue weighted by molar-refractivity contribution is -0.141. The first-order valence-corrected chi connectivity index (χ1v) is 8.30. The lowest BCUT2D eigenvalue weighted by Crippen LogP contribution is -2.48. The quantitative estimate of drug-likeness (QED) is 0.827. The third-order valence-corrected chi connectivity index (χ3v) is 5.22. The van der Waals surface area contributed by atoms with Crippen molar-refractivity contribution in [3.8, 4) is 0 Å². The summed E-state index contributed by atoms with van der Waals surface area (Å²) in [6.07, 6.45) is 8.44. The van der Waals surface area contributed by atoms with Gasteiger partial charge in [0.05, 0.1) is 0 Å². The number of aliphatic hydroxyl groups is 1. The lowest BCUT2D eigenvalue weighted by Gasteiger charge is -2.39. The van der Waals surface area contributed by atoms with Crippen LogP contribution in [0.4, 0.5) is 0 Å². The average Bonchev–Trinajstić information content (AvgIpc) is 2.47. The monoisotopic (exact) mass is 282 g/mol. The van der Waals surface area contributed by atoms with Crippen molar-refractivity contribution < 1.29 is 9.90 Å². The van der Waals surface area contributed by atoms with Crippen molar-refractivity contribution in [3.05, 3.63) is 0 Å². The minimum Gasteiger partial charge on any atom is -0.396 e. The first-order chi connectivity index (χ1) is 9.63. The van der Waals surface area contributed by atoms with Gasteiger partial charge >= 0.3 is 0 Å². The zero-order valence-electron chi connectivity index (χ0n) is 12.8. The van der Waals surface area contributed by atoms with Gasteiger partial charge in [-0.2, -0.15) is 0 Å². The van der Waals surface area contributed by atoms with Gasteiger partial charge in [-0.25, -0.2) is 0 Å². The molecule has 1 saturated heterocycles. The van der Waals surface area contributed by atoms with Gasteiger partial charge in [0.15, 0.2) is 0 Å². The summed E-state index contributed by atoms with van der Waals surface area (Å²) in [6, 6.07) is 0.527. The first kappa shape index (κ1) is 15.8. The smallest absolute Gasteiger partial charge is 0.225 e. The van der Waals surface area contributed by atoms with Gasteiger partial charge < -0.3 is 15.7 Å². The van der Waals surface area contributed by atoms with Crippen molar-refractivity contribution in [1.82, 2.24) is 4.90 Å². The molecule has 1 aliphatic heterocycles. The van der Waals surface area contributed by atoms with Crippen LogP contribution in [0.15, 0.2) is 0 Å². The number of amides is 1. The van der Waals surface area contributed by atoms with Crippen molar-refractivity contribution in [2.24, 2.45) is 17.6 Å². The molecule has 2 fully saturated rings. The van der Waals surface area contributed by atoms with Crippen LogP contribution in [0.2, 0.25) is 0 Å². The molecular weight excluding hydrogens is 252 g/mol. The Labute approximate surface area is 122 Å². The van der Waals surface area contributed by atoms with Crippen LogP contribution in [0.5, 0.6) is 0 Å². The summed E-state index contributed by atoms with van der Waals surface area (Å²) in [5, 5.41) is 9.19. The molecule has 1 aliphatic carbocycles. The maximum atomic E-state index is 12.8. The van der Waals surface area contributed by atoms with Crippen molar-refractivity contribution >= 4 is 5.91 Å². The van der Waals surface area contributed by atoms with E-state index in [1.807, 2.05) is 4.90 Å². The summed E-state index contributed by atoms with van der Waals surface area (Å²) in [5.41, 5.74) is 6.06. The second-order valence-corrected chi connectivity index (χ2v) is 6.67. The van der Waals surface area contributed by atoms with Crippen LogP contribution >= 0.6 is 0 Å². The second kappa shape index (κ2) is 7.41. The van der Waals surface area contributed by atoms with Gasteiger partial charge in [-0.1, -0.05) is 13.3 Å². The van der Waals surface area contributed by atoms with Crippen LogP contribution in [0.1, 0.15) is 58.3 Å². The minimum absolute atomic E-state index is 0.0839. The predicted molar refractivity (Wildman–Crippen MR) is 80.2 cm³/mol. The van der Waals surface area contributed by atoms with Crippen molar-refractivity contribution in [3.63, 3.8) is 0 Å². The average molecular weight is 282 g/mol. The van der Waals surface area contributed by atoms with E-state index in [2.05, 4.69) is 6.92 Å². The normalized spacial score (nSPS) is 33.0. The van der Waals surface area contributed by atoms with Gasteiger partial charge in [0, 0.05) is 31.2 Å². The number of nitrogens with zero attached hydrogens (tertiary/aromatic N) is 1. The first-order valence-electron chi connectivity index (χ1n) is 8.30. The fraction of sp³-hybridized carbons (Fsp3) is 0.938. The SMILES string of the molecule is CC(C(=O)N1CCCCC1CCO)C1CCCC(N)C1. The zero-order valence-corrected chi connectivity index (χ0v) is 12.8. The number of nitrogens with two attached hydrogens (primary N) is 1. The van der Waals surface area contributed by atoms with Gasteiger partial charge in [-0.3, -0.25) is 4.79 Å². The number of carbonyl (C=O) groups excluding carboxylic acids is 1. The van der Waals surface area contributed by atoms with Crippen LogP contribution in [0.25, 0.3) is 0 Å². The van der Waals surface area contributed by atoms with E-state index in [9.17, 15) is 9.90 Å². The summed E-state index contributed by atoms with van der Waals surface area (Å²) in [6.45, 7) is 3.12. The zero-order chi connectivity index (χ0) is 14.5. The fourth-order valence-corrected chi connectivity index (χ4v) is 3.92. The van der Waals surface area contributed by atoms with Crippen LogP contribution in [0.3, 0.4) is 0 Å². The van der Waals surface area contributed by atoms with Crippen LogP contribution in [-0.4, -0.2) is 41.1 Å². The van der Waals surface area contributed by atoms with E-state index >= 15 is 0 Å². The Morgan fingerprint density at radius 2 is 2.10 bits per heavy atom. The highest BCUT2D eigenvalue weighted by molar-refractivity contribution is 5.79. The molecule has 1 saturated carbocycles. The Morgan fingerprint density at radius 1 is 1.30 bits per heavy atom. The van der Waals surface area contributed by atoms with Gasteiger partial charge in [0.2, 0.25) is 5.91 Å². The second-order valence-electron chi connectivity index (χ2n) is 6.67. The summed E-state index contributed by atoms with van der Waals surface area (Å²) < 4.78 is 0. The van der Waals surface area contributed by atoms with Crippen molar-refractivity contribution in [2.45, 2.75) is 70.4 Å². The molecule has 1 heterocycles. The molecule has 0 aromatic heterocycles. The summed E-state index contributed by atoms with van der Waals surface area (Å²) in [5.74, 6) is 0.825. The molecule has 4 unspecified atom stereocenters. The largest absolute Gasteiger partial charge is 0.396 e. The Kier molecular flexibility index (Phi) is 5.85. The van der Waals surface area contributed by atoms with E-state index in [0.717, 1.165) is 51.5 Å². The molecule has 1 amide bonds. The molecule has 0 aromatic rings. The molecule has 0 aromatic carbocycles. The van der Waals surface area contributed by atoms with E-state index in [1.165, 1.54) is 6.42 Å². The van der Waals surface area contributed by atoms with Crippen molar-refractivity contribution in [2.75, 3.05) is 13.2 Å². The predicted octanol–water partition coefficient (Wildman–Crippen LogP) is 1.90. The minimum atomic E-state index is 0.0839. The number of aliphatic hydroxyl groups excluding tert-OH is 1. The van der Waals surface area contributed by atoms with E-state index in [4.69, 9.17) is 5.73 Å². The topological polar surface area (TPSA) is 66.6 Å². The number of carbonyl (C=O) groups is 1. The number of likely N-dealkylation sites (tertiary alicyclic amines) is 1. The highest BCUT2D eigenvalue weighted by Gasteiger charge is 2.34. The summed E-state index contributed by atoms with van der Waals surface area (Å²) in [4.78, 5) is 14.8. The van der Waals surface area contributed by atoms with Gasteiger partial charge in [-0.05, 0) is 50.9 Å².